The number of rotatable bonds is 1. The van der Waals surface area contributed by atoms with Gasteiger partial charge in [0.25, 0.3) is 0 Å². The van der Waals surface area contributed by atoms with Crippen molar-refractivity contribution in [3.63, 3.8) is 0 Å². The molecule has 0 amide bonds. The van der Waals surface area contributed by atoms with Crippen LogP contribution >= 0.6 is 0 Å². The van der Waals surface area contributed by atoms with Gasteiger partial charge in [-0.3, -0.25) is 4.79 Å². The molecule has 0 aromatic carbocycles. The predicted molar refractivity (Wildman–Crippen MR) is 51.2 cm³/mol. The van der Waals surface area contributed by atoms with Crippen molar-refractivity contribution in [3.8, 4) is 0 Å². The maximum Gasteiger partial charge on any atom is 0.133 e. The minimum Gasteiger partial charge on any atom is -0.300 e. The smallest absolute Gasteiger partial charge is 0.133 e. The third-order valence-electron chi connectivity index (χ3n) is 4.70. The second kappa shape index (κ2) is 2.59. The van der Waals surface area contributed by atoms with E-state index < -0.39 is 0 Å². The number of carbonyl (C=O) groups excluding carboxylic acids is 1. The summed E-state index contributed by atoms with van der Waals surface area (Å²) in [6, 6.07) is 0. The zero-order valence-corrected chi connectivity index (χ0v) is 8.33. The van der Waals surface area contributed by atoms with Crippen molar-refractivity contribution >= 4 is 5.78 Å². The molecule has 4 saturated carbocycles. The van der Waals surface area contributed by atoms with Crippen LogP contribution in [0.4, 0.5) is 0 Å². The van der Waals surface area contributed by atoms with Crippen LogP contribution in [0.25, 0.3) is 0 Å². The summed E-state index contributed by atoms with van der Waals surface area (Å²) in [6.45, 7) is 1.81. The van der Waals surface area contributed by atoms with Gasteiger partial charge in [0.15, 0.2) is 0 Å². The molecule has 0 spiro atoms. The first-order valence-corrected chi connectivity index (χ1v) is 5.74. The Hall–Kier alpha value is -0.330. The molecule has 0 aliphatic heterocycles. The predicted octanol–water partition coefficient (Wildman–Crippen LogP) is 2.65. The number of hydrogen-bond donors (Lipinski definition) is 0. The number of hydrogen-bond acceptors (Lipinski definition) is 1. The quantitative estimate of drug-likeness (QED) is 0.603. The summed E-state index contributed by atoms with van der Waals surface area (Å²) in [4.78, 5) is 11.5. The molecular weight excluding hydrogens is 160 g/mol. The van der Waals surface area contributed by atoms with Gasteiger partial charge in [0.2, 0.25) is 0 Å². The molecule has 4 rings (SSSR count). The monoisotopic (exact) mass is 178 g/mol. The van der Waals surface area contributed by atoms with Crippen LogP contribution in [-0.2, 0) is 4.79 Å². The van der Waals surface area contributed by atoms with E-state index in [1.54, 1.807) is 0 Å². The molecule has 0 aromatic heterocycles. The van der Waals surface area contributed by atoms with Crippen molar-refractivity contribution in [2.45, 2.75) is 39.0 Å². The number of Topliss-reactive ketones (excluding diaryl/α,β-unsaturated/α-hetero) is 1. The minimum absolute atomic E-state index is 0.466. The molecule has 4 aliphatic carbocycles. The molecule has 72 valence electrons. The van der Waals surface area contributed by atoms with E-state index in [2.05, 4.69) is 0 Å². The Morgan fingerprint density at radius 2 is 1.38 bits per heavy atom. The standard InChI is InChI=1S/C12H18O/c1-7(13)12-10-3-8-2-9(5-10)6-11(12)4-8/h8-12H,2-6H2,1H3. The summed E-state index contributed by atoms with van der Waals surface area (Å²) in [5, 5.41) is 0. The molecule has 4 fully saturated rings. The van der Waals surface area contributed by atoms with Crippen LogP contribution in [0.1, 0.15) is 39.0 Å². The molecule has 4 aliphatic rings. The molecule has 0 heterocycles. The molecule has 1 heteroatoms. The van der Waals surface area contributed by atoms with Crippen molar-refractivity contribution in [2.75, 3.05) is 0 Å². The normalized spacial score (nSPS) is 52.5. The lowest BCUT2D eigenvalue weighted by atomic mass is 9.51. The van der Waals surface area contributed by atoms with E-state index in [-0.39, 0.29) is 0 Å². The van der Waals surface area contributed by atoms with Crippen molar-refractivity contribution in [2.24, 2.45) is 29.6 Å². The van der Waals surface area contributed by atoms with Crippen molar-refractivity contribution < 1.29 is 4.79 Å². The van der Waals surface area contributed by atoms with Crippen molar-refractivity contribution in [1.29, 1.82) is 0 Å². The zero-order valence-electron chi connectivity index (χ0n) is 8.33. The van der Waals surface area contributed by atoms with Gasteiger partial charge in [-0.15, -0.1) is 0 Å². The summed E-state index contributed by atoms with van der Waals surface area (Å²) < 4.78 is 0. The van der Waals surface area contributed by atoms with Crippen LogP contribution in [0.3, 0.4) is 0 Å². The Balaban J connectivity index is 1.89. The summed E-state index contributed by atoms with van der Waals surface area (Å²) in [6.07, 6.45) is 6.97. The summed E-state index contributed by atoms with van der Waals surface area (Å²) in [7, 11) is 0. The molecule has 0 radical (unpaired) electrons. The second-order valence-corrected chi connectivity index (χ2v) is 5.57. The summed E-state index contributed by atoms with van der Waals surface area (Å²) >= 11 is 0. The highest BCUT2D eigenvalue weighted by molar-refractivity contribution is 5.79. The van der Waals surface area contributed by atoms with Gasteiger partial charge >= 0.3 is 0 Å². The first kappa shape index (κ1) is 8.02. The van der Waals surface area contributed by atoms with E-state index >= 15 is 0 Å². The average Bonchev–Trinajstić information content (AvgIpc) is 2.00. The number of ketones is 1. The lowest BCUT2D eigenvalue weighted by Crippen LogP contribution is -2.47. The maximum absolute atomic E-state index is 11.5. The molecule has 4 bridgehead atoms. The fraction of sp³-hybridized carbons (Fsp3) is 0.917. The molecule has 0 saturated heterocycles. The molecule has 0 unspecified atom stereocenters. The Morgan fingerprint density at radius 1 is 0.923 bits per heavy atom. The van der Waals surface area contributed by atoms with Gasteiger partial charge in [-0.05, 0) is 62.7 Å². The summed E-state index contributed by atoms with van der Waals surface area (Å²) in [5.74, 6) is 4.51. The first-order valence-electron chi connectivity index (χ1n) is 5.74. The van der Waals surface area contributed by atoms with Crippen molar-refractivity contribution in [1.82, 2.24) is 0 Å². The Morgan fingerprint density at radius 3 is 1.77 bits per heavy atom. The van der Waals surface area contributed by atoms with Crippen LogP contribution < -0.4 is 0 Å². The van der Waals surface area contributed by atoms with Crippen LogP contribution in [0.15, 0.2) is 0 Å². The third-order valence-corrected chi connectivity index (χ3v) is 4.70. The minimum atomic E-state index is 0.466. The first-order chi connectivity index (χ1) is 6.24. The topological polar surface area (TPSA) is 17.1 Å². The highest BCUT2D eigenvalue weighted by atomic mass is 16.1. The van der Waals surface area contributed by atoms with Crippen LogP contribution in [0, 0.1) is 29.6 Å². The molecule has 0 atom stereocenters. The maximum atomic E-state index is 11.5. The van der Waals surface area contributed by atoms with Crippen LogP contribution in [0.5, 0.6) is 0 Å². The Kier molecular flexibility index (Phi) is 1.59. The second-order valence-electron chi connectivity index (χ2n) is 5.57. The van der Waals surface area contributed by atoms with Crippen LogP contribution in [0.2, 0.25) is 0 Å². The van der Waals surface area contributed by atoms with E-state index in [4.69, 9.17) is 0 Å². The third kappa shape index (κ3) is 1.09. The fourth-order valence-electron chi connectivity index (χ4n) is 4.59. The molecular formula is C12H18O. The molecule has 0 N–H and O–H groups in total. The van der Waals surface area contributed by atoms with Gasteiger partial charge in [-0.1, -0.05) is 0 Å². The van der Waals surface area contributed by atoms with Gasteiger partial charge in [-0.2, -0.15) is 0 Å². The average molecular weight is 178 g/mol. The van der Waals surface area contributed by atoms with Gasteiger partial charge in [0.1, 0.15) is 5.78 Å². The highest BCUT2D eigenvalue weighted by Gasteiger charge is 2.49. The molecule has 13 heavy (non-hydrogen) atoms. The van der Waals surface area contributed by atoms with E-state index in [1.165, 1.54) is 32.1 Å². The van der Waals surface area contributed by atoms with Gasteiger partial charge in [-0.25, -0.2) is 0 Å². The lowest BCUT2D eigenvalue weighted by Gasteiger charge is -2.53. The van der Waals surface area contributed by atoms with E-state index in [9.17, 15) is 4.79 Å². The Bertz CT molecular complexity index is 216. The summed E-state index contributed by atoms with van der Waals surface area (Å²) in [5.41, 5.74) is 0. The lowest BCUT2D eigenvalue weighted by molar-refractivity contribution is -0.133. The zero-order chi connectivity index (χ0) is 9.00. The van der Waals surface area contributed by atoms with Gasteiger partial charge < -0.3 is 0 Å². The van der Waals surface area contributed by atoms with Gasteiger partial charge in [0.05, 0.1) is 0 Å². The number of carbonyl (C=O) groups is 1. The van der Waals surface area contributed by atoms with E-state index in [0.717, 1.165) is 23.7 Å². The highest BCUT2D eigenvalue weighted by Crippen LogP contribution is 2.56. The van der Waals surface area contributed by atoms with Crippen molar-refractivity contribution in [3.05, 3.63) is 0 Å². The molecule has 0 aromatic rings. The SMILES string of the molecule is CC(=O)C1C2CC3CC(C2)CC1C3. The largest absolute Gasteiger partial charge is 0.300 e. The van der Waals surface area contributed by atoms with Gasteiger partial charge in [0, 0.05) is 5.92 Å². The molecule has 1 nitrogen and oxygen atoms in total. The van der Waals surface area contributed by atoms with E-state index in [0.29, 0.717) is 11.7 Å². The van der Waals surface area contributed by atoms with E-state index in [1.807, 2.05) is 6.92 Å². The van der Waals surface area contributed by atoms with Crippen LogP contribution in [-0.4, -0.2) is 5.78 Å². The Labute approximate surface area is 79.9 Å². The fourth-order valence-corrected chi connectivity index (χ4v) is 4.59.